The van der Waals surface area contributed by atoms with Crippen LogP contribution in [0.25, 0.3) is 0 Å². The molecule has 1 saturated heterocycles. The van der Waals surface area contributed by atoms with Crippen molar-refractivity contribution in [2.45, 2.75) is 38.8 Å². The highest BCUT2D eigenvalue weighted by molar-refractivity contribution is 6.30. The molecule has 10 heteroatoms. The fraction of sp³-hybridized carbons (Fsp3) is 0.346. The van der Waals surface area contributed by atoms with E-state index in [4.69, 9.17) is 28.2 Å². The van der Waals surface area contributed by atoms with E-state index in [0.717, 1.165) is 37.2 Å². The number of nitrogens with one attached hydrogen (secondary N) is 1. The van der Waals surface area contributed by atoms with Gasteiger partial charge < -0.3 is 15.2 Å². The predicted octanol–water partition coefficient (Wildman–Crippen LogP) is 5.08. The Labute approximate surface area is 226 Å². The van der Waals surface area contributed by atoms with Gasteiger partial charge in [0.1, 0.15) is 0 Å². The van der Waals surface area contributed by atoms with Gasteiger partial charge in [0.2, 0.25) is 5.95 Å². The van der Waals surface area contributed by atoms with E-state index in [2.05, 4.69) is 5.32 Å². The topological polar surface area (TPSA) is 70.5 Å². The molecule has 1 fully saturated rings. The van der Waals surface area contributed by atoms with Gasteiger partial charge in [-0.1, -0.05) is 35.3 Å². The number of carbonyl (C=O) groups is 1. The molecule has 1 amide bonds. The van der Waals surface area contributed by atoms with Crippen LogP contribution in [0.4, 0.5) is 5.95 Å². The lowest BCUT2D eigenvalue weighted by Gasteiger charge is -2.31. The van der Waals surface area contributed by atoms with E-state index in [1.165, 1.54) is 0 Å². The molecule has 0 saturated carbocycles. The zero-order valence-electron chi connectivity index (χ0n) is 19.9. The largest absolute Gasteiger partial charge is 0.348 e. The second kappa shape index (κ2) is 11.1. The van der Waals surface area contributed by atoms with E-state index in [9.17, 15) is 9.59 Å². The van der Waals surface area contributed by atoms with Gasteiger partial charge in [0.25, 0.3) is 11.5 Å². The van der Waals surface area contributed by atoms with Gasteiger partial charge in [-0.2, -0.15) is 4.68 Å². The third kappa shape index (κ3) is 5.33. The first-order valence-corrected chi connectivity index (χ1v) is 12.6. The Hall–Kier alpha value is -2.74. The van der Waals surface area contributed by atoms with Gasteiger partial charge in [0.15, 0.2) is 0 Å². The van der Waals surface area contributed by atoms with Gasteiger partial charge in [0.05, 0.1) is 23.8 Å². The maximum Gasteiger partial charge on any atom is 0.279 e. The number of benzene rings is 2. The van der Waals surface area contributed by atoms with Crippen LogP contribution in [0.3, 0.4) is 0 Å². The first-order valence-electron chi connectivity index (χ1n) is 11.9. The molecule has 5 rings (SSSR count). The zero-order valence-corrected chi connectivity index (χ0v) is 22.2. The number of hydrogen-bond donors (Lipinski definition) is 1. The number of nitrogens with zero attached hydrogens (tertiary/aromatic N) is 4. The minimum atomic E-state index is -0.115. The monoisotopic (exact) mass is 547 g/mol. The summed E-state index contributed by atoms with van der Waals surface area (Å²) in [5.41, 5.74) is 2.82. The summed E-state index contributed by atoms with van der Waals surface area (Å²) in [6.45, 7) is 4.36. The summed E-state index contributed by atoms with van der Waals surface area (Å²) in [4.78, 5) is 33.5. The summed E-state index contributed by atoms with van der Waals surface area (Å²) in [5.74, 6) is 0.425. The maximum atomic E-state index is 13.8. The fourth-order valence-corrected chi connectivity index (χ4v) is 4.95. The van der Waals surface area contributed by atoms with Crippen LogP contribution >= 0.6 is 35.6 Å². The molecular formula is C26H28Cl3N5O2. The first-order chi connectivity index (χ1) is 16.9. The van der Waals surface area contributed by atoms with Gasteiger partial charge in [-0.05, 0) is 61.7 Å². The number of anilines is 1. The third-order valence-corrected chi connectivity index (χ3v) is 7.17. The lowest BCUT2D eigenvalue weighted by Crippen LogP contribution is -2.47. The molecule has 2 aliphatic heterocycles. The van der Waals surface area contributed by atoms with Crippen molar-refractivity contribution in [2.24, 2.45) is 0 Å². The van der Waals surface area contributed by atoms with Gasteiger partial charge in [0, 0.05) is 41.7 Å². The number of aromatic nitrogens is 2. The van der Waals surface area contributed by atoms with Crippen LogP contribution < -0.4 is 15.9 Å². The molecule has 3 aromatic rings. The van der Waals surface area contributed by atoms with Crippen molar-refractivity contribution in [3.8, 4) is 0 Å². The number of amides is 1. The zero-order chi connectivity index (χ0) is 24.5. The SMILES string of the molecule is C[C@H](Nc1nc2c(c(=O)n1N1CCCC1)CN(C(=O)c1ccc(Cl)cc1)CC2)c1ccc(Cl)cc1.Cl. The van der Waals surface area contributed by atoms with Crippen LogP contribution in [0.2, 0.25) is 10.0 Å². The highest BCUT2D eigenvalue weighted by atomic mass is 35.5. The van der Waals surface area contributed by atoms with Crippen molar-refractivity contribution < 1.29 is 4.79 Å². The summed E-state index contributed by atoms with van der Waals surface area (Å²) in [6, 6.07) is 14.4. The van der Waals surface area contributed by atoms with Crippen molar-refractivity contribution in [3.63, 3.8) is 0 Å². The normalized spacial score (nSPS) is 15.8. The molecule has 190 valence electrons. The summed E-state index contributed by atoms with van der Waals surface area (Å²) in [5, 5.41) is 6.76. The molecule has 2 aromatic carbocycles. The van der Waals surface area contributed by atoms with Crippen LogP contribution in [0.5, 0.6) is 0 Å². The smallest absolute Gasteiger partial charge is 0.279 e. The molecular weight excluding hydrogens is 521 g/mol. The number of carbonyl (C=O) groups excluding carboxylic acids is 1. The molecule has 0 aliphatic carbocycles. The predicted molar refractivity (Wildman–Crippen MR) is 146 cm³/mol. The Morgan fingerprint density at radius 2 is 1.58 bits per heavy atom. The Morgan fingerprint density at radius 3 is 2.22 bits per heavy atom. The minimum Gasteiger partial charge on any atom is -0.348 e. The molecule has 36 heavy (non-hydrogen) atoms. The number of halogens is 3. The van der Waals surface area contributed by atoms with E-state index in [-0.39, 0.29) is 36.5 Å². The highest BCUT2D eigenvalue weighted by Crippen LogP contribution is 2.24. The number of hydrogen-bond acceptors (Lipinski definition) is 5. The fourth-order valence-electron chi connectivity index (χ4n) is 4.70. The third-order valence-electron chi connectivity index (χ3n) is 6.67. The van der Waals surface area contributed by atoms with E-state index in [1.807, 2.05) is 36.2 Å². The average Bonchev–Trinajstić information content (AvgIpc) is 3.39. The molecule has 0 radical (unpaired) electrons. The molecule has 0 bridgehead atoms. The Balaban J connectivity index is 0.00000304. The van der Waals surface area contributed by atoms with E-state index < -0.39 is 0 Å². The molecule has 1 aromatic heterocycles. The number of fused-ring (bicyclic) bond motifs is 1. The van der Waals surface area contributed by atoms with E-state index >= 15 is 0 Å². The van der Waals surface area contributed by atoms with Crippen molar-refractivity contribution >= 4 is 47.5 Å². The van der Waals surface area contributed by atoms with Gasteiger partial charge >= 0.3 is 0 Å². The minimum absolute atomic E-state index is 0. The molecule has 1 N–H and O–H groups in total. The summed E-state index contributed by atoms with van der Waals surface area (Å²) in [7, 11) is 0. The first kappa shape index (κ1) is 26.3. The molecule has 2 aliphatic rings. The second-order valence-electron chi connectivity index (χ2n) is 9.04. The standard InChI is InChI=1S/C26H27Cl2N5O2.ClH/c1-17(18-4-8-20(27)9-5-18)29-26-30-23-12-15-31(24(34)19-6-10-21(28)11-7-19)16-22(23)25(35)33(26)32-13-2-3-14-32;/h4-11,17H,2-3,12-16H2,1H3,(H,29,30);1H/t17-;/m0./s1. The van der Waals surface area contributed by atoms with Crippen LogP contribution in [0.1, 0.15) is 53.0 Å². The van der Waals surface area contributed by atoms with Crippen molar-refractivity contribution in [2.75, 3.05) is 30.0 Å². The van der Waals surface area contributed by atoms with Crippen LogP contribution in [-0.4, -0.2) is 40.1 Å². The maximum absolute atomic E-state index is 13.8. The summed E-state index contributed by atoms with van der Waals surface area (Å²) in [6.07, 6.45) is 2.57. The van der Waals surface area contributed by atoms with Crippen LogP contribution in [0.15, 0.2) is 53.3 Å². The lowest BCUT2D eigenvalue weighted by atomic mass is 10.1. The van der Waals surface area contributed by atoms with Crippen LogP contribution in [-0.2, 0) is 13.0 Å². The quantitative estimate of drug-likeness (QED) is 0.482. The lowest BCUT2D eigenvalue weighted by molar-refractivity contribution is 0.0732. The average molecular weight is 549 g/mol. The van der Waals surface area contributed by atoms with Crippen molar-refractivity contribution in [1.82, 2.24) is 14.6 Å². The molecule has 1 atom stereocenters. The van der Waals surface area contributed by atoms with E-state index in [1.54, 1.807) is 33.8 Å². The molecule has 3 heterocycles. The van der Waals surface area contributed by atoms with Crippen molar-refractivity contribution in [3.05, 3.63) is 91.3 Å². The van der Waals surface area contributed by atoms with E-state index in [0.29, 0.717) is 40.1 Å². The molecule has 7 nitrogen and oxygen atoms in total. The van der Waals surface area contributed by atoms with Gasteiger partial charge in [-0.3, -0.25) is 9.59 Å². The highest BCUT2D eigenvalue weighted by Gasteiger charge is 2.29. The summed E-state index contributed by atoms with van der Waals surface area (Å²) >= 11 is 12.0. The Bertz CT molecular complexity index is 1290. The second-order valence-corrected chi connectivity index (χ2v) is 9.91. The molecule has 0 spiro atoms. The van der Waals surface area contributed by atoms with Gasteiger partial charge in [-0.15, -0.1) is 12.4 Å². The van der Waals surface area contributed by atoms with Crippen molar-refractivity contribution in [1.29, 1.82) is 0 Å². The van der Waals surface area contributed by atoms with Crippen LogP contribution in [0, 0.1) is 0 Å². The van der Waals surface area contributed by atoms with Gasteiger partial charge in [-0.25, -0.2) is 4.98 Å². The summed E-state index contributed by atoms with van der Waals surface area (Å²) < 4.78 is 1.68. The number of rotatable bonds is 5. The molecule has 0 unspecified atom stereocenters. The Kier molecular flexibility index (Phi) is 8.13. The Morgan fingerprint density at radius 1 is 0.972 bits per heavy atom.